The normalized spacial score (nSPS) is 28.2. The number of nitrogens with zero attached hydrogens (tertiary/aromatic N) is 2. The van der Waals surface area contributed by atoms with Gasteiger partial charge in [-0.25, -0.2) is 0 Å². The van der Waals surface area contributed by atoms with E-state index in [1.807, 2.05) is 4.90 Å². The Morgan fingerprint density at radius 1 is 1.15 bits per heavy atom. The van der Waals surface area contributed by atoms with Gasteiger partial charge in [0.1, 0.15) is 0 Å². The summed E-state index contributed by atoms with van der Waals surface area (Å²) in [6.45, 7) is 5.01. The number of esters is 1. The first kappa shape index (κ1) is 15.3. The van der Waals surface area contributed by atoms with Gasteiger partial charge in [-0.3, -0.25) is 14.5 Å². The van der Waals surface area contributed by atoms with Crippen molar-refractivity contribution in [3.8, 4) is 0 Å². The van der Waals surface area contributed by atoms with Crippen LogP contribution < -0.4 is 0 Å². The highest BCUT2D eigenvalue weighted by atomic mass is 16.5. The minimum absolute atomic E-state index is 0.0691. The summed E-state index contributed by atoms with van der Waals surface area (Å²) in [5.74, 6) is -0.00321. The summed E-state index contributed by atoms with van der Waals surface area (Å²) in [4.78, 5) is 28.1. The third-order valence-corrected chi connectivity index (χ3v) is 4.52. The minimum atomic E-state index is -0.145. The van der Waals surface area contributed by atoms with E-state index in [-0.39, 0.29) is 17.8 Å². The van der Waals surface area contributed by atoms with Gasteiger partial charge in [0.05, 0.1) is 19.6 Å². The maximum Gasteiger partial charge on any atom is 0.309 e. The van der Waals surface area contributed by atoms with Gasteiger partial charge < -0.3 is 9.64 Å². The first-order valence-corrected chi connectivity index (χ1v) is 7.71. The van der Waals surface area contributed by atoms with Crippen LogP contribution >= 0.6 is 0 Å². The van der Waals surface area contributed by atoms with E-state index in [9.17, 15) is 9.59 Å². The highest BCUT2D eigenvalue weighted by Gasteiger charge is 2.30. The fourth-order valence-corrected chi connectivity index (χ4v) is 3.31. The topological polar surface area (TPSA) is 49.9 Å². The summed E-state index contributed by atoms with van der Waals surface area (Å²) >= 11 is 0. The fraction of sp³-hybridized carbons (Fsp3) is 0.867. The van der Waals surface area contributed by atoms with Gasteiger partial charge in [-0.1, -0.05) is 0 Å². The van der Waals surface area contributed by atoms with Crippen LogP contribution in [0.5, 0.6) is 0 Å². The number of amides is 1. The van der Waals surface area contributed by atoms with Crippen molar-refractivity contribution >= 4 is 11.9 Å². The number of hydrogen-bond donors (Lipinski definition) is 0. The molecule has 1 amide bonds. The Labute approximate surface area is 121 Å². The second kappa shape index (κ2) is 7.07. The van der Waals surface area contributed by atoms with Crippen LogP contribution in [0.4, 0.5) is 0 Å². The predicted octanol–water partition coefficient (Wildman–Crippen LogP) is 1.27. The van der Waals surface area contributed by atoms with Gasteiger partial charge in [0.25, 0.3) is 0 Å². The molecule has 2 aliphatic rings. The summed E-state index contributed by atoms with van der Waals surface area (Å²) in [5.41, 5.74) is 0. The lowest BCUT2D eigenvalue weighted by molar-refractivity contribution is -0.148. The van der Waals surface area contributed by atoms with Crippen LogP contribution in [-0.4, -0.2) is 61.0 Å². The van der Waals surface area contributed by atoms with Crippen molar-refractivity contribution in [2.24, 2.45) is 5.92 Å². The third kappa shape index (κ3) is 3.72. The quantitative estimate of drug-likeness (QED) is 0.732. The number of ether oxygens (including phenoxy) is 1. The molecule has 0 aromatic rings. The fourth-order valence-electron chi connectivity index (χ4n) is 3.31. The lowest BCUT2D eigenvalue weighted by atomic mass is 9.98. The van der Waals surface area contributed by atoms with E-state index in [0.29, 0.717) is 19.1 Å². The number of rotatable bonds is 3. The van der Waals surface area contributed by atoms with E-state index in [4.69, 9.17) is 4.74 Å². The van der Waals surface area contributed by atoms with Crippen molar-refractivity contribution < 1.29 is 14.3 Å². The lowest BCUT2D eigenvalue weighted by Gasteiger charge is -2.36. The van der Waals surface area contributed by atoms with Gasteiger partial charge in [0.15, 0.2) is 0 Å². The second-order valence-corrected chi connectivity index (χ2v) is 6.03. The predicted molar refractivity (Wildman–Crippen MR) is 76.2 cm³/mol. The van der Waals surface area contributed by atoms with Crippen LogP contribution in [0.1, 0.15) is 39.0 Å². The molecule has 2 heterocycles. The molecule has 2 aliphatic heterocycles. The number of carbonyl (C=O) groups excluding carboxylic acids is 2. The first-order chi connectivity index (χ1) is 9.61. The molecule has 5 heteroatoms. The molecule has 2 rings (SSSR count). The molecule has 0 radical (unpaired) electrons. The average molecular weight is 282 g/mol. The van der Waals surface area contributed by atoms with E-state index in [2.05, 4.69) is 11.8 Å². The number of piperidine rings is 2. The Balaban J connectivity index is 1.85. The van der Waals surface area contributed by atoms with E-state index >= 15 is 0 Å². The highest BCUT2D eigenvalue weighted by molar-refractivity contribution is 5.79. The molecule has 0 bridgehead atoms. The minimum Gasteiger partial charge on any atom is -0.469 e. The number of hydrogen-bond acceptors (Lipinski definition) is 4. The van der Waals surface area contributed by atoms with Crippen molar-refractivity contribution in [2.75, 3.05) is 33.3 Å². The molecule has 0 aromatic carbocycles. The summed E-state index contributed by atoms with van der Waals surface area (Å²) in [6.07, 6.45) is 5.27. The highest BCUT2D eigenvalue weighted by Crippen LogP contribution is 2.20. The zero-order valence-electron chi connectivity index (χ0n) is 12.6. The number of carbonyl (C=O) groups is 2. The standard InChI is InChI=1S/C15H26N2O3/c1-12-6-3-4-9-17(12)14(18)11-16-8-5-7-13(10-16)15(19)20-2/h12-13H,3-11H2,1-2H3/t12?,13-/m0/s1. The zero-order valence-corrected chi connectivity index (χ0v) is 12.6. The lowest BCUT2D eigenvalue weighted by Crippen LogP contribution is -2.49. The van der Waals surface area contributed by atoms with Gasteiger partial charge in [0.2, 0.25) is 5.91 Å². The molecule has 2 saturated heterocycles. The molecular weight excluding hydrogens is 256 g/mol. The summed E-state index contributed by atoms with van der Waals surface area (Å²) < 4.78 is 4.82. The summed E-state index contributed by atoms with van der Waals surface area (Å²) in [6, 6.07) is 0.359. The van der Waals surface area contributed by atoms with E-state index in [1.165, 1.54) is 13.5 Å². The molecule has 0 saturated carbocycles. The molecule has 20 heavy (non-hydrogen) atoms. The molecular formula is C15H26N2O3. The maximum atomic E-state index is 12.4. The zero-order chi connectivity index (χ0) is 14.5. The SMILES string of the molecule is COC(=O)[C@H]1CCCN(CC(=O)N2CCCCC2C)C1. The smallest absolute Gasteiger partial charge is 0.309 e. The largest absolute Gasteiger partial charge is 0.469 e. The monoisotopic (exact) mass is 282 g/mol. The van der Waals surface area contributed by atoms with E-state index < -0.39 is 0 Å². The van der Waals surface area contributed by atoms with E-state index in [1.54, 1.807) is 0 Å². The molecule has 2 atom stereocenters. The van der Waals surface area contributed by atoms with Crippen molar-refractivity contribution in [1.82, 2.24) is 9.80 Å². The number of methoxy groups -OCH3 is 1. The summed E-state index contributed by atoms with van der Waals surface area (Å²) in [5, 5.41) is 0. The molecule has 1 unspecified atom stereocenters. The van der Waals surface area contributed by atoms with E-state index in [0.717, 1.165) is 38.8 Å². The van der Waals surface area contributed by atoms with Crippen LogP contribution in [0.2, 0.25) is 0 Å². The molecule has 5 nitrogen and oxygen atoms in total. The van der Waals surface area contributed by atoms with Crippen molar-refractivity contribution in [3.63, 3.8) is 0 Å². The molecule has 0 N–H and O–H groups in total. The van der Waals surface area contributed by atoms with Gasteiger partial charge >= 0.3 is 5.97 Å². The Morgan fingerprint density at radius 3 is 2.65 bits per heavy atom. The van der Waals surface area contributed by atoms with Crippen molar-refractivity contribution in [2.45, 2.75) is 45.1 Å². The molecule has 0 aromatic heterocycles. The molecule has 0 aliphatic carbocycles. The van der Waals surface area contributed by atoms with Crippen LogP contribution in [0.15, 0.2) is 0 Å². The van der Waals surface area contributed by atoms with Crippen LogP contribution in [-0.2, 0) is 14.3 Å². The number of likely N-dealkylation sites (tertiary alicyclic amines) is 2. The van der Waals surface area contributed by atoms with Gasteiger partial charge in [-0.2, -0.15) is 0 Å². The van der Waals surface area contributed by atoms with Crippen LogP contribution in [0.25, 0.3) is 0 Å². The Hall–Kier alpha value is -1.10. The van der Waals surface area contributed by atoms with Crippen molar-refractivity contribution in [3.05, 3.63) is 0 Å². The van der Waals surface area contributed by atoms with Crippen LogP contribution in [0, 0.1) is 5.92 Å². The average Bonchev–Trinajstić information content (AvgIpc) is 2.47. The second-order valence-electron chi connectivity index (χ2n) is 6.03. The summed E-state index contributed by atoms with van der Waals surface area (Å²) in [7, 11) is 1.43. The maximum absolute atomic E-state index is 12.4. The molecule has 114 valence electrons. The van der Waals surface area contributed by atoms with Gasteiger partial charge in [0, 0.05) is 19.1 Å². The Kier molecular flexibility index (Phi) is 5.40. The van der Waals surface area contributed by atoms with Crippen LogP contribution in [0.3, 0.4) is 0 Å². The Morgan fingerprint density at radius 2 is 1.95 bits per heavy atom. The van der Waals surface area contributed by atoms with Gasteiger partial charge in [-0.05, 0) is 45.6 Å². The third-order valence-electron chi connectivity index (χ3n) is 4.52. The first-order valence-electron chi connectivity index (χ1n) is 7.71. The Bertz CT molecular complexity index is 359. The molecule has 0 spiro atoms. The molecule has 2 fully saturated rings. The van der Waals surface area contributed by atoms with Crippen molar-refractivity contribution in [1.29, 1.82) is 0 Å². The van der Waals surface area contributed by atoms with Gasteiger partial charge in [-0.15, -0.1) is 0 Å².